The van der Waals surface area contributed by atoms with Crippen LogP contribution in [0.1, 0.15) is 11.3 Å². The Bertz CT molecular complexity index is 1330. The molecule has 0 saturated carbocycles. The number of ether oxygens (including phenoxy) is 2. The number of esters is 1. The molecule has 0 unspecified atom stereocenters. The van der Waals surface area contributed by atoms with Gasteiger partial charge in [-0.2, -0.15) is 5.10 Å². The molecule has 0 amide bonds. The zero-order chi connectivity index (χ0) is 20.5. The molecule has 0 aliphatic carbocycles. The van der Waals surface area contributed by atoms with Crippen LogP contribution in [0.3, 0.4) is 0 Å². The Morgan fingerprint density at radius 3 is 2.72 bits per heavy atom. The van der Waals surface area contributed by atoms with Crippen LogP contribution >= 0.6 is 0 Å². The van der Waals surface area contributed by atoms with Gasteiger partial charge in [-0.25, -0.2) is 14.3 Å². The number of aromatic nitrogens is 2. The van der Waals surface area contributed by atoms with Crippen LogP contribution in [0, 0.1) is 6.92 Å². The van der Waals surface area contributed by atoms with Crippen LogP contribution in [-0.4, -0.2) is 30.0 Å². The predicted molar refractivity (Wildman–Crippen MR) is 109 cm³/mol. The van der Waals surface area contributed by atoms with Gasteiger partial charge in [-0.1, -0.05) is 18.2 Å². The molecule has 29 heavy (non-hydrogen) atoms. The zero-order valence-corrected chi connectivity index (χ0v) is 16.1. The van der Waals surface area contributed by atoms with Crippen molar-refractivity contribution in [3.05, 3.63) is 70.2 Å². The molecule has 0 radical (unpaired) electrons. The topological polar surface area (TPSA) is 83.6 Å². The number of hydrogen-bond donors (Lipinski definition) is 0. The third-order valence-electron chi connectivity index (χ3n) is 4.68. The summed E-state index contributed by atoms with van der Waals surface area (Å²) in [5.74, 6) is 0.128. The van der Waals surface area contributed by atoms with Crippen molar-refractivity contribution in [3.8, 4) is 11.4 Å². The van der Waals surface area contributed by atoms with Crippen molar-refractivity contribution in [1.29, 1.82) is 0 Å². The van der Waals surface area contributed by atoms with E-state index in [0.717, 1.165) is 10.9 Å². The minimum absolute atomic E-state index is 0.408. The van der Waals surface area contributed by atoms with Gasteiger partial charge in [0.25, 0.3) is 0 Å². The van der Waals surface area contributed by atoms with Crippen LogP contribution in [0.4, 0.5) is 0 Å². The van der Waals surface area contributed by atoms with Crippen molar-refractivity contribution in [3.63, 3.8) is 0 Å². The molecule has 0 N–H and O–H groups in total. The van der Waals surface area contributed by atoms with Crippen molar-refractivity contribution in [2.45, 2.75) is 6.92 Å². The summed E-state index contributed by atoms with van der Waals surface area (Å²) in [4.78, 5) is 24.2. The Hall–Kier alpha value is -3.87. The summed E-state index contributed by atoms with van der Waals surface area (Å²) in [6.45, 7) is 1.76. The molecule has 2 aromatic carbocycles. The highest BCUT2D eigenvalue weighted by Crippen LogP contribution is 2.30. The monoisotopic (exact) mass is 390 g/mol. The summed E-state index contributed by atoms with van der Waals surface area (Å²) in [7, 11) is 2.87. The first kappa shape index (κ1) is 18.5. The maximum absolute atomic E-state index is 12.7. The quantitative estimate of drug-likeness (QED) is 0.301. The number of carbonyl (C=O) groups is 1. The Morgan fingerprint density at radius 1 is 1.17 bits per heavy atom. The predicted octanol–water partition coefficient (Wildman–Crippen LogP) is 3.64. The van der Waals surface area contributed by atoms with E-state index in [0.29, 0.717) is 33.6 Å². The van der Waals surface area contributed by atoms with Gasteiger partial charge in [0.1, 0.15) is 16.7 Å². The fourth-order valence-electron chi connectivity index (χ4n) is 3.30. The summed E-state index contributed by atoms with van der Waals surface area (Å²) >= 11 is 0. The Balaban J connectivity index is 2.05. The second kappa shape index (κ2) is 7.27. The van der Waals surface area contributed by atoms with Crippen LogP contribution in [-0.2, 0) is 9.53 Å². The number of rotatable bonds is 4. The molecule has 2 aromatic heterocycles. The van der Waals surface area contributed by atoms with Crippen LogP contribution < -0.4 is 10.4 Å². The molecule has 146 valence electrons. The number of carbonyl (C=O) groups excluding carboxylic acids is 1. The third-order valence-corrected chi connectivity index (χ3v) is 4.68. The van der Waals surface area contributed by atoms with Crippen LogP contribution in [0.15, 0.2) is 57.8 Å². The van der Waals surface area contributed by atoms with Crippen molar-refractivity contribution in [2.75, 3.05) is 14.2 Å². The van der Waals surface area contributed by atoms with Gasteiger partial charge in [0.05, 0.1) is 31.1 Å². The van der Waals surface area contributed by atoms with Crippen LogP contribution in [0.5, 0.6) is 5.75 Å². The average molecular weight is 390 g/mol. The normalized spacial score (nSPS) is 11.4. The Morgan fingerprint density at radius 2 is 1.97 bits per heavy atom. The first-order chi connectivity index (χ1) is 14.0. The largest absolute Gasteiger partial charge is 0.497 e. The summed E-state index contributed by atoms with van der Waals surface area (Å²) < 4.78 is 17.1. The van der Waals surface area contributed by atoms with Crippen LogP contribution in [0.2, 0.25) is 0 Å². The molecule has 4 aromatic rings. The van der Waals surface area contributed by atoms with E-state index in [1.807, 2.05) is 30.3 Å². The SMILES string of the molecule is COC(=O)/C=C/c1ccccc1-n1nc(C)c2c(=O)oc3cc(OC)ccc3c21. The van der Waals surface area contributed by atoms with Gasteiger partial charge in [-0.3, -0.25) is 0 Å². The number of hydrogen-bond acceptors (Lipinski definition) is 6. The van der Waals surface area contributed by atoms with E-state index in [9.17, 15) is 9.59 Å². The average Bonchev–Trinajstić information content (AvgIpc) is 3.09. The minimum atomic E-state index is -0.466. The summed E-state index contributed by atoms with van der Waals surface area (Å²) in [5, 5.41) is 5.74. The van der Waals surface area contributed by atoms with Crippen LogP contribution in [0.25, 0.3) is 33.6 Å². The molecular formula is C22H18N2O5. The van der Waals surface area contributed by atoms with E-state index in [1.54, 1.807) is 36.9 Å². The number of aryl methyl sites for hydroxylation is 1. The fourth-order valence-corrected chi connectivity index (χ4v) is 3.30. The highest BCUT2D eigenvalue weighted by atomic mass is 16.5. The molecular weight excluding hydrogens is 372 g/mol. The van der Waals surface area contributed by atoms with Gasteiger partial charge in [0.15, 0.2) is 0 Å². The van der Waals surface area contributed by atoms with Gasteiger partial charge in [-0.15, -0.1) is 0 Å². The molecule has 0 fully saturated rings. The Labute approximate surface area is 165 Å². The summed E-state index contributed by atoms with van der Waals surface area (Å²) in [6, 6.07) is 12.8. The highest BCUT2D eigenvalue weighted by molar-refractivity contribution is 6.04. The van der Waals surface area contributed by atoms with Crippen molar-refractivity contribution >= 4 is 33.9 Å². The number of benzene rings is 2. The van der Waals surface area contributed by atoms with E-state index < -0.39 is 11.6 Å². The molecule has 0 aliphatic rings. The lowest BCUT2D eigenvalue weighted by Crippen LogP contribution is -2.03. The number of para-hydroxylation sites is 1. The van der Waals surface area contributed by atoms with Crippen molar-refractivity contribution < 1.29 is 18.7 Å². The van der Waals surface area contributed by atoms with Gasteiger partial charge >= 0.3 is 11.6 Å². The molecule has 4 rings (SSSR count). The van der Waals surface area contributed by atoms with E-state index in [-0.39, 0.29) is 0 Å². The minimum Gasteiger partial charge on any atom is -0.497 e. The van der Waals surface area contributed by atoms with Gasteiger partial charge in [0, 0.05) is 23.1 Å². The number of methoxy groups -OCH3 is 2. The van der Waals surface area contributed by atoms with E-state index in [2.05, 4.69) is 9.84 Å². The second-order valence-electron chi connectivity index (χ2n) is 6.39. The van der Waals surface area contributed by atoms with Gasteiger partial charge in [-0.05, 0) is 31.2 Å². The lowest BCUT2D eigenvalue weighted by atomic mass is 10.1. The van der Waals surface area contributed by atoms with Crippen molar-refractivity contribution in [2.24, 2.45) is 0 Å². The standard InChI is InChI=1S/C22H18N2O5/c1-13-20-21(16-10-9-15(27-2)12-18(16)29-22(20)26)24(23-13)17-7-5-4-6-14(17)8-11-19(25)28-3/h4-12H,1-3H3/b11-8+. The molecule has 0 saturated heterocycles. The molecule has 0 bridgehead atoms. The maximum atomic E-state index is 12.7. The smallest absolute Gasteiger partial charge is 0.347 e. The van der Waals surface area contributed by atoms with E-state index in [4.69, 9.17) is 9.15 Å². The molecule has 0 spiro atoms. The molecule has 7 heteroatoms. The van der Waals surface area contributed by atoms with Gasteiger partial charge in [0.2, 0.25) is 0 Å². The molecule has 0 aliphatic heterocycles. The Kier molecular flexibility index (Phi) is 4.64. The fraction of sp³-hybridized carbons (Fsp3) is 0.136. The zero-order valence-electron chi connectivity index (χ0n) is 16.1. The summed E-state index contributed by atoms with van der Waals surface area (Å²) in [5.41, 5.74) is 2.59. The molecule has 0 atom stereocenters. The summed E-state index contributed by atoms with van der Waals surface area (Å²) in [6.07, 6.45) is 3.00. The number of nitrogens with zero attached hydrogens (tertiary/aromatic N) is 2. The first-order valence-electron chi connectivity index (χ1n) is 8.89. The molecule has 2 heterocycles. The maximum Gasteiger partial charge on any atom is 0.347 e. The third kappa shape index (κ3) is 3.16. The lowest BCUT2D eigenvalue weighted by Gasteiger charge is -2.09. The number of fused-ring (bicyclic) bond motifs is 3. The highest BCUT2D eigenvalue weighted by Gasteiger charge is 2.19. The molecule has 7 nitrogen and oxygen atoms in total. The van der Waals surface area contributed by atoms with Crippen molar-refractivity contribution in [1.82, 2.24) is 9.78 Å². The lowest BCUT2D eigenvalue weighted by molar-refractivity contribution is -0.134. The van der Waals surface area contributed by atoms with E-state index >= 15 is 0 Å². The first-order valence-corrected chi connectivity index (χ1v) is 8.89. The second-order valence-corrected chi connectivity index (χ2v) is 6.39. The van der Waals surface area contributed by atoms with E-state index in [1.165, 1.54) is 13.2 Å². The van der Waals surface area contributed by atoms with Gasteiger partial charge < -0.3 is 13.9 Å².